The number of piperazine rings is 1. The number of benzene rings is 1. The fourth-order valence-electron chi connectivity index (χ4n) is 3.19. The number of hydrogen-bond donors (Lipinski definition) is 2. The molecule has 2 saturated heterocycles. The van der Waals surface area contributed by atoms with Crippen LogP contribution in [0.2, 0.25) is 0 Å². The summed E-state index contributed by atoms with van der Waals surface area (Å²) in [7, 11) is -3.66. The third-order valence-electron chi connectivity index (χ3n) is 4.57. The zero-order valence-corrected chi connectivity index (χ0v) is 15.2. The normalized spacial score (nSPS) is 24.4. The molecule has 0 saturated carbocycles. The van der Waals surface area contributed by atoms with Crippen LogP contribution in [0.4, 0.5) is 0 Å². The summed E-state index contributed by atoms with van der Waals surface area (Å²) in [5.41, 5.74) is 0.397. The van der Waals surface area contributed by atoms with E-state index >= 15 is 0 Å². The molecule has 2 aliphatic heterocycles. The van der Waals surface area contributed by atoms with Crippen molar-refractivity contribution in [3.8, 4) is 0 Å². The van der Waals surface area contributed by atoms with Crippen molar-refractivity contribution in [1.82, 2.24) is 14.9 Å². The lowest BCUT2D eigenvalue weighted by molar-refractivity contribution is 0.0709. The van der Waals surface area contributed by atoms with Gasteiger partial charge in [0.25, 0.3) is 5.91 Å². The molecule has 0 spiro atoms. The van der Waals surface area contributed by atoms with Crippen molar-refractivity contribution in [2.45, 2.75) is 36.8 Å². The highest BCUT2D eigenvalue weighted by Crippen LogP contribution is 2.16. The highest BCUT2D eigenvalue weighted by molar-refractivity contribution is 7.89. The number of amides is 1. The maximum absolute atomic E-state index is 12.7. The summed E-state index contributed by atoms with van der Waals surface area (Å²) in [6.07, 6.45) is 1.75. The van der Waals surface area contributed by atoms with Crippen LogP contribution in [-0.2, 0) is 14.8 Å². The van der Waals surface area contributed by atoms with Crippen LogP contribution >= 0.6 is 0 Å². The second-order valence-corrected chi connectivity index (χ2v) is 8.39. The molecular weight excluding hydrogens is 342 g/mol. The molecule has 2 atom stereocenters. The molecule has 0 aliphatic carbocycles. The third kappa shape index (κ3) is 4.58. The number of rotatable bonds is 5. The molecular formula is C17H25N3O4S. The second-order valence-electron chi connectivity index (χ2n) is 6.62. The van der Waals surface area contributed by atoms with Crippen molar-refractivity contribution in [1.29, 1.82) is 0 Å². The topological polar surface area (TPSA) is 87.7 Å². The predicted octanol–water partition coefficient (Wildman–Crippen LogP) is 0.578. The van der Waals surface area contributed by atoms with Crippen LogP contribution in [0.5, 0.6) is 0 Å². The summed E-state index contributed by atoms with van der Waals surface area (Å²) in [4.78, 5) is 14.5. The van der Waals surface area contributed by atoms with Crippen molar-refractivity contribution in [2.24, 2.45) is 0 Å². The van der Waals surface area contributed by atoms with Gasteiger partial charge in [-0.05, 0) is 38.0 Å². The molecule has 1 amide bonds. The summed E-state index contributed by atoms with van der Waals surface area (Å²) in [6.45, 7) is 4.95. The lowest BCUT2D eigenvalue weighted by Gasteiger charge is -2.32. The molecule has 2 fully saturated rings. The molecule has 3 rings (SSSR count). The van der Waals surface area contributed by atoms with Crippen molar-refractivity contribution in [2.75, 3.05) is 32.8 Å². The summed E-state index contributed by atoms with van der Waals surface area (Å²) in [5, 5.41) is 3.29. The van der Waals surface area contributed by atoms with E-state index in [0.717, 1.165) is 19.4 Å². The van der Waals surface area contributed by atoms with Gasteiger partial charge in [0.1, 0.15) is 0 Å². The molecule has 7 nitrogen and oxygen atoms in total. The molecule has 2 aliphatic rings. The lowest BCUT2D eigenvalue weighted by Crippen LogP contribution is -2.51. The van der Waals surface area contributed by atoms with Crippen molar-refractivity contribution < 1.29 is 17.9 Å². The molecule has 1 aromatic carbocycles. The van der Waals surface area contributed by atoms with E-state index < -0.39 is 10.0 Å². The Bertz CT molecular complexity index is 716. The lowest BCUT2D eigenvalue weighted by atomic mass is 10.1. The van der Waals surface area contributed by atoms with E-state index in [4.69, 9.17) is 4.74 Å². The molecule has 2 N–H and O–H groups in total. The summed E-state index contributed by atoms with van der Waals surface area (Å²) < 4.78 is 33.0. The van der Waals surface area contributed by atoms with Gasteiger partial charge >= 0.3 is 0 Å². The van der Waals surface area contributed by atoms with Gasteiger partial charge in [-0.2, -0.15) is 0 Å². The summed E-state index contributed by atoms with van der Waals surface area (Å²) in [5.74, 6) is -0.135. The Morgan fingerprint density at radius 2 is 2.28 bits per heavy atom. The number of hydrogen-bond acceptors (Lipinski definition) is 5. The largest absolute Gasteiger partial charge is 0.377 e. The van der Waals surface area contributed by atoms with Crippen LogP contribution in [0.15, 0.2) is 29.2 Å². The monoisotopic (exact) mass is 367 g/mol. The van der Waals surface area contributed by atoms with E-state index in [-0.39, 0.29) is 29.5 Å². The molecule has 25 heavy (non-hydrogen) atoms. The Hall–Kier alpha value is -1.48. The molecule has 0 aromatic heterocycles. The number of sulfonamides is 1. The highest BCUT2D eigenvalue weighted by Gasteiger charge is 2.24. The van der Waals surface area contributed by atoms with E-state index in [1.165, 1.54) is 12.1 Å². The Labute approximate surface area is 148 Å². The van der Waals surface area contributed by atoms with Gasteiger partial charge in [0.2, 0.25) is 10.0 Å². The SMILES string of the molecule is C[C@@H]1CN(C(=O)c2cccc(S(=O)(=O)NCC3CCCO3)c2)CCN1. The first kappa shape index (κ1) is 18.3. The standard InChI is InChI=1S/C17H25N3O4S/c1-13-12-20(8-7-18-13)17(21)14-4-2-6-16(10-14)25(22,23)19-11-15-5-3-9-24-15/h2,4,6,10,13,15,18-19H,3,5,7-9,11-12H2,1H3/t13-,15?/m1/s1. The molecule has 0 radical (unpaired) electrons. The van der Waals surface area contributed by atoms with Crippen LogP contribution < -0.4 is 10.0 Å². The van der Waals surface area contributed by atoms with E-state index in [0.29, 0.717) is 25.3 Å². The Morgan fingerprint density at radius 1 is 1.44 bits per heavy atom. The second kappa shape index (κ2) is 7.82. The first-order valence-electron chi connectivity index (χ1n) is 8.70. The number of nitrogens with one attached hydrogen (secondary N) is 2. The summed E-state index contributed by atoms with van der Waals surface area (Å²) in [6, 6.07) is 6.47. The van der Waals surface area contributed by atoms with Crippen LogP contribution in [0.25, 0.3) is 0 Å². The van der Waals surface area contributed by atoms with Gasteiger partial charge in [0, 0.05) is 44.4 Å². The minimum Gasteiger partial charge on any atom is -0.377 e. The fraction of sp³-hybridized carbons (Fsp3) is 0.588. The minimum atomic E-state index is -3.66. The van der Waals surface area contributed by atoms with Crippen LogP contribution in [-0.4, -0.2) is 64.2 Å². The zero-order valence-electron chi connectivity index (χ0n) is 14.4. The van der Waals surface area contributed by atoms with Gasteiger partial charge in [0.15, 0.2) is 0 Å². The van der Waals surface area contributed by atoms with E-state index in [1.54, 1.807) is 17.0 Å². The maximum Gasteiger partial charge on any atom is 0.253 e. The smallest absolute Gasteiger partial charge is 0.253 e. The fourth-order valence-corrected chi connectivity index (χ4v) is 4.30. The number of carbonyl (C=O) groups excluding carboxylic acids is 1. The van der Waals surface area contributed by atoms with Crippen molar-refractivity contribution >= 4 is 15.9 Å². The van der Waals surface area contributed by atoms with Gasteiger partial charge < -0.3 is 15.0 Å². The van der Waals surface area contributed by atoms with Gasteiger partial charge in [-0.15, -0.1) is 0 Å². The van der Waals surface area contributed by atoms with Crippen LogP contribution in [0.3, 0.4) is 0 Å². The number of carbonyl (C=O) groups is 1. The number of nitrogens with zero attached hydrogens (tertiary/aromatic N) is 1. The minimum absolute atomic E-state index is 0.0677. The molecule has 0 bridgehead atoms. The molecule has 1 aromatic rings. The Morgan fingerprint density at radius 3 is 3.00 bits per heavy atom. The van der Waals surface area contributed by atoms with Gasteiger partial charge in [-0.25, -0.2) is 13.1 Å². The first-order chi connectivity index (χ1) is 12.0. The average molecular weight is 367 g/mol. The molecule has 138 valence electrons. The molecule has 8 heteroatoms. The van der Waals surface area contributed by atoms with E-state index in [2.05, 4.69) is 10.0 Å². The maximum atomic E-state index is 12.7. The Kier molecular flexibility index (Phi) is 5.73. The van der Waals surface area contributed by atoms with E-state index in [1.807, 2.05) is 6.92 Å². The quantitative estimate of drug-likeness (QED) is 0.795. The third-order valence-corrected chi connectivity index (χ3v) is 5.99. The molecule has 2 heterocycles. The predicted molar refractivity (Wildman–Crippen MR) is 94.0 cm³/mol. The highest BCUT2D eigenvalue weighted by atomic mass is 32.2. The molecule has 1 unspecified atom stereocenters. The number of ether oxygens (including phenoxy) is 1. The Balaban J connectivity index is 1.70. The van der Waals surface area contributed by atoms with Crippen molar-refractivity contribution in [3.05, 3.63) is 29.8 Å². The van der Waals surface area contributed by atoms with Crippen molar-refractivity contribution in [3.63, 3.8) is 0 Å². The summed E-state index contributed by atoms with van der Waals surface area (Å²) >= 11 is 0. The van der Waals surface area contributed by atoms with Crippen LogP contribution in [0, 0.1) is 0 Å². The van der Waals surface area contributed by atoms with Gasteiger partial charge in [-0.1, -0.05) is 6.07 Å². The average Bonchev–Trinajstić information content (AvgIpc) is 3.13. The van der Waals surface area contributed by atoms with E-state index in [9.17, 15) is 13.2 Å². The van der Waals surface area contributed by atoms with Gasteiger partial charge in [0.05, 0.1) is 11.0 Å². The van der Waals surface area contributed by atoms with Crippen LogP contribution in [0.1, 0.15) is 30.1 Å². The van der Waals surface area contributed by atoms with Gasteiger partial charge in [-0.3, -0.25) is 4.79 Å². The zero-order chi connectivity index (χ0) is 17.9. The first-order valence-corrected chi connectivity index (χ1v) is 10.2.